The zero-order chi connectivity index (χ0) is 38.3. The molecule has 14 nitrogen and oxygen atoms in total. The second kappa shape index (κ2) is 15.1. The lowest BCUT2D eigenvalue weighted by Gasteiger charge is -2.27. The fraction of sp³-hybridized carbons (Fsp3) is 0.342. The van der Waals surface area contributed by atoms with Gasteiger partial charge < -0.3 is 10.1 Å². The maximum Gasteiger partial charge on any atom is 0.412 e. The molecule has 1 fully saturated rings. The third-order valence-electron chi connectivity index (χ3n) is 9.81. The number of fused-ring (bicyclic) bond motifs is 4. The van der Waals surface area contributed by atoms with E-state index in [1.165, 1.54) is 18.2 Å². The summed E-state index contributed by atoms with van der Waals surface area (Å²) in [6.45, 7) is 6.29. The van der Waals surface area contributed by atoms with Crippen LogP contribution in [0.5, 0.6) is 5.75 Å². The highest BCUT2D eigenvalue weighted by Gasteiger charge is 2.46. The van der Waals surface area contributed by atoms with Crippen LogP contribution in [0.15, 0.2) is 47.5 Å². The highest BCUT2D eigenvalue weighted by atomic mass is 35.5. The summed E-state index contributed by atoms with van der Waals surface area (Å²) < 4.78 is 7.43. The lowest BCUT2D eigenvalue weighted by Crippen LogP contribution is -2.54. The highest BCUT2D eigenvalue weighted by molar-refractivity contribution is 7.15. The molecule has 0 bridgehead atoms. The molecule has 0 aliphatic carbocycles. The van der Waals surface area contributed by atoms with Crippen molar-refractivity contribution in [3.05, 3.63) is 91.8 Å². The average Bonchev–Trinajstić information content (AvgIpc) is 3.71. The standard InChI is InChI=1S/C38H36ClN7O7S/c1-19-20(2)54-37-30(19)32(22-11-13-23(39)14-12-22)41-26(33-44-43-21(3)45(33)37)18-24(47)8-5-4-6-17-40-38(52)53-28-10-7-9-25-31(28)36(51)46(35(25)50)27-15-16-29(48)42-34(27)49/h7,9-14,26-27H,4-6,8,15-18H2,1-3H3,(H,40,52)(H,42,48,49)/t26-,27?/m0/s1. The predicted octanol–water partition coefficient (Wildman–Crippen LogP) is 5.51. The molecule has 7 rings (SSSR count). The number of nitrogens with one attached hydrogen (secondary N) is 2. The van der Waals surface area contributed by atoms with Crippen molar-refractivity contribution in [2.75, 3.05) is 6.54 Å². The Morgan fingerprint density at radius 3 is 2.52 bits per heavy atom. The van der Waals surface area contributed by atoms with Gasteiger partial charge in [0, 0.05) is 46.8 Å². The minimum atomic E-state index is -1.14. The Kier molecular flexibility index (Phi) is 10.3. The van der Waals surface area contributed by atoms with Gasteiger partial charge in [0.05, 0.1) is 16.8 Å². The summed E-state index contributed by atoms with van der Waals surface area (Å²) in [5.74, 6) is -1.43. The molecule has 16 heteroatoms. The Balaban J connectivity index is 0.935. The Hall–Kier alpha value is -5.54. The number of unbranched alkanes of at least 4 members (excludes halogenated alkanes) is 2. The summed E-state index contributed by atoms with van der Waals surface area (Å²) >= 11 is 7.86. The third-order valence-corrected chi connectivity index (χ3v) is 11.3. The molecule has 0 radical (unpaired) electrons. The molecule has 3 aliphatic heterocycles. The molecule has 2 N–H and O–H groups in total. The number of thiophene rings is 1. The van der Waals surface area contributed by atoms with Crippen molar-refractivity contribution in [3.63, 3.8) is 0 Å². The fourth-order valence-electron chi connectivity index (χ4n) is 6.97. The lowest BCUT2D eigenvalue weighted by molar-refractivity contribution is -0.136. The van der Waals surface area contributed by atoms with Gasteiger partial charge in [-0.2, -0.15) is 0 Å². The fourth-order valence-corrected chi connectivity index (χ4v) is 8.31. The van der Waals surface area contributed by atoms with Crippen molar-refractivity contribution >= 4 is 64.2 Å². The molecule has 278 valence electrons. The van der Waals surface area contributed by atoms with Crippen molar-refractivity contribution in [1.82, 2.24) is 30.3 Å². The molecule has 2 aromatic heterocycles. The number of aromatic nitrogens is 3. The lowest BCUT2D eigenvalue weighted by atomic mass is 9.99. The molecule has 4 aromatic rings. The highest BCUT2D eigenvalue weighted by Crippen LogP contribution is 2.40. The molecule has 54 heavy (non-hydrogen) atoms. The number of carbonyl (C=O) groups excluding carboxylic acids is 6. The summed E-state index contributed by atoms with van der Waals surface area (Å²) in [7, 11) is 0. The molecule has 2 atom stereocenters. The van der Waals surface area contributed by atoms with Crippen molar-refractivity contribution in [2.45, 2.75) is 77.8 Å². The predicted molar refractivity (Wildman–Crippen MR) is 199 cm³/mol. The normalized spacial score (nSPS) is 17.7. The first-order valence-electron chi connectivity index (χ1n) is 17.6. The van der Waals surface area contributed by atoms with Gasteiger partial charge in [0.15, 0.2) is 5.82 Å². The van der Waals surface area contributed by atoms with Crippen molar-refractivity contribution in [3.8, 4) is 10.8 Å². The Morgan fingerprint density at radius 2 is 1.76 bits per heavy atom. The molecule has 5 amide bonds. The Bertz CT molecular complexity index is 2260. The molecule has 3 aliphatic rings. The molecule has 0 spiro atoms. The summed E-state index contributed by atoms with van der Waals surface area (Å²) in [4.78, 5) is 83.5. The second-order valence-corrected chi connectivity index (χ2v) is 15.0. The Labute approximate surface area is 318 Å². The maximum absolute atomic E-state index is 13.4. The molecular weight excluding hydrogens is 734 g/mol. The topological polar surface area (TPSA) is 182 Å². The first kappa shape index (κ1) is 36.8. The number of hydrogen-bond acceptors (Lipinski definition) is 11. The van der Waals surface area contributed by atoms with Crippen LogP contribution in [0.3, 0.4) is 0 Å². The summed E-state index contributed by atoms with van der Waals surface area (Å²) in [5, 5.41) is 15.2. The first-order valence-corrected chi connectivity index (χ1v) is 18.8. The van der Waals surface area contributed by atoms with Gasteiger partial charge in [-0.3, -0.25) is 43.7 Å². The van der Waals surface area contributed by atoms with E-state index in [1.54, 1.807) is 11.3 Å². The van der Waals surface area contributed by atoms with E-state index in [0.717, 1.165) is 43.0 Å². The van der Waals surface area contributed by atoms with E-state index in [1.807, 2.05) is 35.8 Å². The number of piperidine rings is 1. The van der Waals surface area contributed by atoms with Gasteiger partial charge in [0.25, 0.3) is 11.8 Å². The van der Waals surface area contributed by atoms with Crippen LogP contribution in [0.1, 0.15) is 105 Å². The zero-order valence-electron chi connectivity index (χ0n) is 29.7. The average molecular weight is 770 g/mol. The number of carbonyl (C=O) groups is 6. The molecule has 0 saturated carbocycles. The van der Waals surface area contributed by atoms with Crippen LogP contribution >= 0.6 is 22.9 Å². The van der Waals surface area contributed by atoms with Crippen LogP contribution in [0, 0.1) is 20.8 Å². The van der Waals surface area contributed by atoms with Crippen molar-refractivity contribution in [1.29, 1.82) is 0 Å². The van der Waals surface area contributed by atoms with Gasteiger partial charge in [-0.25, -0.2) is 4.79 Å². The number of nitrogens with zero attached hydrogens (tertiary/aromatic N) is 5. The van der Waals surface area contributed by atoms with E-state index in [4.69, 9.17) is 21.3 Å². The van der Waals surface area contributed by atoms with Crippen LogP contribution in [-0.4, -0.2) is 73.5 Å². The number of rotatable bonds is 11. The van der Waals surface area contributed by atoms with Crippen LogP contribution < -0.4 is 15.4 Å². The van der Waals surface area contributed by atoms with E-state index in [9.17, 15) is 28.8 Å². The third kappa shape index (κ3) is 6.96. The summed E-state index contributed by atoms with van der Waals surface area (Å²) in [6, 6.07) is 10.1. The van der Waals surface area contributed by atoms with E-state index < -0.39 is 41.8 Å². The summed E-state index contributed by atoms with van der Waals surface area (Å²) in [6.07, 6.45) is 1.44. The van der Waals surface area contributed by atoms with E-state index in [-0.39, 0.29) is 48.5 Å². The van der Waals surface area contributed by atoms with Gasteiger partial charge in [-0.15, -0.1) is 21.5 Å². The van der Waals surface area contributed by atoms with E-state index in [0.29, 0.717) is 36.5 Å². The molecule has 2 aromatic carbocycles. The number of ketones is 1. The van der Waals surface area contributed by atoms with E-state index in [2.05, 4.69) is 34.7 Å². The quantitative estimate of drug-likeness (QED) is 0.147. The number of hydrogen-bond donors (Lipinski definition) is 2. The number of halogens is 1. The van der Waals surface area contributed by atoms with Crippen molar-refractivity contribution in [2.24, 2.45) is 4.99 Å². The summed E-state index contributed by atoms with van der Waals surface area (Å²) in [5.41, 5.74) is 3.68. The number of amides is 5. The molecule has 5 heterocycles. The van der Waals surface area contributed by atoms with Gasteiger partial charge in [0.2, 0.25) is 11.8 Å². The van der Waals surface area contributed by atoms with Crippen LogP contribution in [0.2, 0.25) is 5.02 Å². The Morgan fingerprint density at radius 1 is 0.981 bits per heavy atom. The minimum Gasteiger partial charge on any atom is -0.409 e. The van der Waals surface area contributed by atoms with Gasteiger partial charge in [0.1, 0.15) is 34.4 Å². The van der Waals surface area contributed by atoms with Gasteiger partial charge in [-0.1, -0.05) is 36.2 Å². The van der Waals surface area contributed by atoms with E-state index >= 15 is 0 Å². The number of benzene rings is 2. The molecule has 1 saturated heterocycles. The molecule has 1 unspecified atom stereocenters. The number of Topliss-reactive ketones (excluding diaryl/α,β-unsaturated/α-hetero) is 1. The monoisotopic (exact) mass is 769 g/mol. The van der Waals surface area contributed by atoms with Crippen LogP contribution in [0.25, 0.3) is 5.00 Å². The smallest absolute Gasteiger partial charge is 0.409 e. The van der Waals surface area contributed by atoms with Crippen LogP contribution in [0.4, 0.5) is 4.79 Å². The zero-order valence-corrected chi connectivity index (χ0v) is 31.3. The second-order valence-electron chi connectivity index (χ2n) is 13.4. The SMILES string of the molecule is Cc1sc2c(c1C)C(c1ccc(Cl)cc1)=N[C@@H](CC(=O)CCCCCNC(=O)Oc1cccc3c1C(=O)N(C1CCC(=O)NC1=O)C3=O)c1nnc(C)n1-2. The van der Waals surface area contributed by atoms with Gasteiger partial charge in [-0.05, 0) is 69.9 Å². The first-order chi connectivity index (χ1) is 25.9. The number of aryl methyl sites for hydroxylation is 2. The van der Waals surface area contributed by atoms with Crippen molar-refractivity contribution < 1.29 is 33.5 Å². The van der Waals surface area contributed by atoms with Gasteiger partial charge >= 0.3 is 6.09 Å². The molecular formula is C38H36ClN7O7S. The number of ether oxygens (including phenoxy) is 1. The largest absolute Gasteiger partial charge is 0.412 e. The minimum absolute atomic E-state index is 0.00656. The number of aliphatic imine (C=N–C) groups is 1. The van der Waals surface area contributed by atoms with Crippen LogP contribution in [-0.2, 0) is 14.4 Å². The number of imide groups is 2. The maximum atomic E-state index is 13.4.